The number of nitrogens with zero attached hydrogens (tertiary/aromatic N) is 1. The molecule has 2 amide bonds. The van der Waals surface area contributed by atoms with E-state index >= 15 is 0 Å². The minimum Gasteiger partial charge on any atom is -0.481 e. The molecule has 0 radical (unpaired) electrons. The highest BCUT2D eigenvalue weighted by Gasteiger charge is 2.17. The first-order valence-corrected chi connectivity index (χ1v) is 7.09. The highest BCUT2D eigenvalue weighted by Crippen LogP contribution is 2.13. The molecule has 0 aliphatic heterocycles. The lowest BCUT2D eigenvalue weighted by molar-refractivity contribution is -0.141. The molecule has 5 nitrogen and oxygen atoms in total. The molecule has 0 heterocycles. The number of aliphatic carboxylic acids is 1. The van der Waals surface area contributed by atoms with Gasteiger partial charge in [-0.1, -0.05) is 25.1 Å². The lowest BCUT2D eigenvalue weighted by atomic mass is 10.0. The maximum Gasteiger partial charge on any atom is 0.317 e. The number of amides is 2. The van der Waals surface area contributed by atoms with E-state index in [1.54, 1.807) is 14.0 Å². The van der Waals surface area contributed by atoms with Crippen LogP contribution in [0.5, 0.6) is 0 Å². The summed E-state index contributed by atoms with van der Waals surface area (Å²) >= 11 is 0. The molecule has 116 valence electrons. The van der Waals surface area contributed by atoms with E-state index in [2.05, 4.69) is 31.3 Å². The molecule has 0 spiro atoms. The molecule has 0 aliphatic rings. The average molecular weight is 292 g/mol. The number of nitrogens with one attached hydrogen (secondary N) is 1. The van der Waals surface area contributed by atoms with Crippen molar-refractivity contribution in [1.82, 2.24) is 10.2 Å². The van der Waals surface area contributed by atoms with Gasteiger partial charge in [0.1, 0.15) is 0 Å². The number of urea groups is 1. The van der Waals surface area contributed by atoms with Crippen LogP contribution in [0.15, 0.2) is 18.2 Å². The van der Waals surface area contributed by atoms with Gasteiger partial charge in [-0.15, -0.1) is 0 Å². The first-order chi connectivity index (χ1) is 9.82. The number of carbonyl (C=O) groups excluding carboxylic acids is 1. The molecule has 0 fully saturated rings. The zero-order valence-corrected chi connectivity index (χ0v) is 13.1. The summed E-state index contributed by atoms with van der Waals surface area (Å²) in [4.78, 5) is 24.1. The summed E-state index contributed by atoms with van der Waals surface area (Å²) in [6.07, 6.45) is 0.770. The molecule has 2 N–H and O–H groups in total. The molecule has 0 aromatic heterocycles. The van der Waals surface area contributed by atoms with Crippen LogP contribution in [0.1, 0.15) is 23.6 Å². The Balaban J connectivity index is 2.45. The predicted octanol–water partition coefficient (Wildman–Crippen LogP) is 2.21. The predicted molar refractivity (Wildman–Crippen MR) is 82.4 cm³/mol. The SMILES string of the molecule is Cc1cccc(C)c1CCNC(=O)N(C)CC(C)C(=O)O. The normalized spacial score (nSPS) is 11.8. The van der Waals surface area contributed by atoms with Crippen LogP contribution in [0.4, 0.5) is 4.79 Å². The minimum absolute atomic E-state index is 0.199. The molecule has 0 aliphatic carbocycles. The van der Waals surface area contributed by atoms with Crippen LogP contribution in [0, 0.1) is 19.8 Å². The Morgan fingerprint density at radius 3 is 2.38 bits per heavy atom. The third-order valence-electron chi connectivity index (χ3n) is 3.61. The molecule has 1 atom stereocenters. The van der Waals surface area contributed by atoms with E-state index in [0.29, 0.717) is 6.54 Å². The highest BCUT2D eigenvalue weighted by molar-refractivity contribution is 5.75. The number of hydrogen-bond acceptors (Lipinski definition) is 2. The van der Waals surface area contributed by atoms with Gasteiger partial charge in [0.2, 0.25) is 0 Å². The molecule has 21 heavy (non-hydrogen) atoms. The Kier molecular flexibility index (Phi) is 6.21. The van der Waals surface area contributed by atoms with Crippen LogP contribution < -0.4 is 5.32 Å². The van der Waals surface area contributed by atoms with E-state index in [4.69, 9.17) is 5.11 Å². The van der Waals surface area contributed by atoms with Crippen molar-refractivity contribution < 1.29 is 14.7 Å². The second-order valence-corrected chi connectivity index (χ2v) is 5.47. The fourth-order valence-corrected chi connectivity index (χ4v) is 2.24. The van der Waals surface area contributed by atoms with E-state index in [9.17, 15) is 9.59 Å². The Labute approximate surface area is 126 Å². The van der Waals surface area contributed by atoms with Crippen molar-refractivity contribution in [1.29, 1.82) is 0 Å². The number of aryl methyl sites for hydroxylation is 2. The summed E-state index contributed by atoms with van der Waals surface area (Å²) in [6.45, 7) is 6.44. The lowest BCUT2D eigenvalue weighted by Gasteiger charge is -2.20. The Bertz CT molecular complexity index is 494. The summed E-state index contributed by atoms with van der Waals surface area (Å²) in [5.41, 5.74) is 3.69. The maximum absolute atomic E-state index is 11.9. The molecule has 0 saturated carbocycles. The van der Waals surface area contributed by atoms with E-state index in [1.807, 2.05) is 6.07 Å². The van der Waals surface area contributed by atoms with Crippen molar-refractivity contribution >= 4 is 12.0 Å². The summed E-state index contributed by atoms with van der Waals surface area (Å²) < 4.78 is 0. The maximum atomic E-state index is 11.9. The Morgan fingerprint density at radius 1 is 1.29 bits per heavy atom. The van der Waals surface area contributed by atoms with Crippen LogP contribution in [-0.4, -0.2) is 42.1 Å². The standard InChI is InChI=1S/C16H24N2O3/c1-11-6-5-7-12(2)14(11)8-9-17-16(21)18(4)10-13(3)15(19)20/h5-7,13H,8-10H2,1-4H3,(H,17,21)(H,19,20). The number of carbonyl (C=O) groups is 2. The van der Waals surface area contributed by atoms with Gasteiger partial charge in [0, 0.05) is 20.1 Å². The second-order valence-electron chi connectivity index (χ2n) is 5.47. The van der Waals surface area contributed by atoms with Crippen LogP contribution in [-0.2, 0) is 11.2 Å². The third-order valence-corrected chi connectivity index (χ3v) is 3.61. The zero-order chi connectivity index (χ0) is 16.0. The summed E-state index contributed by atoms with van der Waals surface area (Å²) in [5, 5.41) is 11.7. The van der Waals surface area contributed by atoms with E-state index in [1.165, 1.54) is 21.6 Å². The van der Waals surface area contributed by atoms with Crippen molar-refractivity contribution in [2.24, 2.45) is 5.92 Å². The third kappa shape index (κ3) is 5.10. The Morgan fingerprint density at radius 2 is 1.86 bits per heavy atom. The summed E-state index contributed by atoms with van der Waals surface area (Å²) in [6, 6.07) is 5.90. The van der Waals surface area contributed by atoms with Gasteiger partial charge in [-0.2, -0.15) is 0 Å². The quantitative estimate of drug-likeness (QED) is 0.844. The van der Waals surface area contributed by atoms with Gasteiger partial charge in [0.25, 0.3) is 0 Å². The largest absolute Gasteiger partial charge is 0.481 e. The van der Waals surface area contributed by atoms with Crippen molar-refractivity contribution in [3.63, 3.8) is 0 Å². The molecule has 1 aromatic rings. The highest BCUT2D eigenvalue weighted by atomic mass is 16.4. The summed E-state index contributed by atoms with van der Waals surface area (Å²) in [5.74, 6) is -1.47. The molecular formula is C16H24N2O3. The van der Waals surface area contributed by atoms with Gasteiger partial charge in [-0.3, -0.25) is 4.79 Å². The first-order valence-electron chi connectivity index (χ1n) is 7.09. The molecule has 1 unspecified atom stereocenters. The van der Waals surface area contributed by atoms with E-state index < -0.39 is 11.9 Å². The van der Waals surface area contributed by atoms with Crippen LogP contribution in [0.3, 0.4) is 0 Å². The van der Waals surface area contributed by atoms with Crippen molar-refractivity contribution in [2.75, 3.05) is 20.1 Å². The minimum atomic E-state index is -0.898. The Hall–Kier alpha value is -2.04. The van der Waals surface area contributed by atoms with Gasteiger partial charge in [-0.25, -0.2) is 4.79 Å². The van der Waals surface area contributed by atoms with Gasteiger partial charge in [0.05, 0.1) is 5.92 Å². The lowest BCUT2D eigenvalue weighted by Crippen LogP contribution is -2.41. The number of carboxylic acids is 1. The monoisotopic (exact) mass is 292 g/mol. The topological polar surface area (TPSA) is 69.6 Å². The van der Waals surface area contributed by atoms with Crippen LogP contribution in [0.2, 0.25) is 0 Å². The van der Waals surface area contributed by atoms with Crippen LogP contribution >= 0.6 is 0 Å². The number of carboxylic acid groups (broad SMARTS) is 1. The number of rotatable bonds is 6. The smallest absolute Gasteiger partial charge is 0.317 e. The van der Waals surface area contributed by atoms with Gasteiger partial charge in [-0.05, 0) is 37.0 Å². The number of benzene rings is 1. The van der Waals surface area contributed by atoms with Crippen molar-refractivity contribution in [2.45, 2.75) is 27.2 Å². The fraction of sp³-hybridized carbons (Fsp3) is 0.500. The van der Waals surface area contributed by atoms with E-state index in [-0.39, 0.29) is 12.6 Å². The molecule has 5 heteroatoms. The molecule has 0 bridgehead atoms. The summed E-state index contributed by atoms with van der Waals surface area (Å²) in [7, 11) is 1.60. The van der Waals surface area contributed by atoms with Gasteiger partial charge in [0.15, 0.2) is 0 Å². The number of hydrogen-bond donors (Lipinski definition) is 2. The molecule has 0 saturated heterocycles. The average Bonchev–Trinajstić information content (AvgIpc) is 2.41. The van der Waals surface area contributed by atoms with Gasteiger partial charge < -0.3 is 15.3 Å². The van der Waals surface area contributed by atoms with E-state index in [0.717, 1.165) is 6.42 Å². The van der Waals surface area contributed by atoms with Crippen molar-refractivity contribution in [3.05, 3.63) is 34.9 Å². The fourth-order valence-electron chi connectivity index (χ4n) is 2.24. The zero-order valence-electron chi connectivity index (χ0n) is 13.1. The molecule has 1 aromatic carbocycles. The van der Waals surface area contributed by atoms with Gasteiger partial charge >= 0.3 is 12.0 Å². The second kappa shape index (κ2) is 7.67. The van der Waals surface area contributed by atoms with Crippen molar-refractivity contribution in [3.8, 4) is 0 Å². The molecular weight excluding hydrogens is 268 g/mol. The first kappa shape index (κ1) is 17.0. The van der Waals surface area contributed by atoms with Crippen LogP contribution in [0.25, 0.3) is 0 Å². The molecule has 1 rings (SSSR count).